The molecule has 0 unspecified atom stereocenters. The number of carbonyl (C=O) groups excluding carboxylic acids is 1. The molecule has 1 rings (SSSR count). The highest BCUT2D eigenvalue weighted by Crippen LogP contribution is 2.07. The van der Waals surface area contributed by atoms with Crippen LogP contribution < -0.4 is 0 Å². The van der Waals surface area contributed by atoms with Crippen LogP contribution in [0.3, 0.4) is 0 Å². The molecule has 0 N–H and O–H groups in total. The molecular formula is C14H21AlO. The summed E-state index contributed by atoms with van der Waals surface area (Å²) in [6, 6.07) is 10.4. The third-order valence-electron chi connectivity index (χ3n) is 2.82. The first-order valence-electron chi connectivity index (χ1n) is 6.38. The number of hydrogen-bond donors (Lipinski definition) is 0. The van der Waals surface area contributed by atoms with Crippen molar-refractivity contribution >= 4 is 21.0 Å². The molecule has 16 heavy (non-hydrogen) atoms. The highest BCUT2D eigenvalue weighted by atomic mass is 27.1. The van der Waals surface area contributed by atoms with E-state index in [0.29, 0.717) is 5.78 Å². The zero-order chi connectivity index (χ0) is 11.6. The molecule has 0 aliphatic rings. The van der Waals surface area contributed by atoms with Gasteiger partial charge < -0.3 is 0 Å². The lowest BCUT2D eigenvalue weighted by molar-refractivity contribution is -0.119. The van der Waals surface area contributed by atoms with Gasteiger partial charge >= 0.3 is 0 Å². The molecule has 1 nitrogen and oxygen atoms in total. The number of hydrogen-bond acceptors (Lipinski definition) is 1. The van der Waals surface area contributed by atoms with E-state index in [2.05, 4.69) is 30.1 Å². The number of rotatable bonds is 8. The Balaban J connectivity index is 2.09. The van der Waals surface area contributed by atoms with Crippen molar-refractivity contribution in [2.24, 2.45) is 0 Å². The van der Waals surface area contributed by atoms with Gasteiger partial charge in [-0.25, -0.2) is 0 Å². The monoisotopic (exact) mass is 232 g/mol. The molecule has 0 fully saturated rings. The van der Waals surface area contributed by atoms with E-state index in [1.54, 1.807) is 0 Å². The molecule has 1 aromatic rings. The number of Topliss-reactive ketones (excluding diaryl/α,β-unsaturated/α-hetero) is 1. The lowest BCUT2D eigenvalue weighted by Crippen LogP contribution is -1.99. The van der Waals surface area contributed by atoms with Crippen molar-refractivity contribution in [3.8, 4) is 0 Å². The summed E-state index contributed by atoms with van der Waals surface area (Å²) < 4.78 is 0. The average Bonchev–Trinajstić information content (AvgIpc) is 2.31. The molecule has 0 aliphatic carbocycles. The Morgan fingerprint density at radius 3 is 2.50 bits per heavy atom. The third-order valence-corrected chi connectivity index (χ3v) is 4.03. The van der Waals surface area contributed by atoms with Crippen LogP contribution in [0, 0.1) is 0 Å². The molecule has 0 heterocycles. The summed E-state index contributed by atoms with van der Waals surface area (Å²) in [6.07, 6.45) is 4.75. The van der Waals surface area contributed by atoms with Gasteiger partial charge in [-0.15, -0.1) is 5.79 Å². The van der Waals surface area contributed by atoms with Crippen LogP contribution in [0.2, 0.25) is 11.1 Å². The second-order valence-corrected chi connectivity index (χ2v) is 6.04. The summed E-state index contributed by atoms with van der Waals surface area (Å²) in [5.41, 5.74) is 1.34. The smallest absolute Gasteiger partial charge is 0.233 e. The SMILES string of the molecule is [CH3][AlH][CH2]CCC(=O)CCCc1ccccc1. The maximum Gasteiger partial charge on any atom is 0.233 e. The van der Waals surface area contributed by atoms with Gasteiger partial charge in [0.15, 0.2) is 0 Å². The lowest BCUT2D eigenvalue weighted by atomic mass is 10.1. The van der Waals surface area contributed by atoms with Crippen LogP contribution >= 0.6 is 0 Å². The van der Waals surface area contributed by atoms with Crippen LogP contribution in [0.1, 0.15) is 31.2 Å². The summed E-state index contributed by atoms with van der Waals surface area (Å²) in [4.78, 5) is 11.5. The molecule has 0 saturated heterocycles. The van der Waals surface area contributed by atoms with Crippen molar-refractivity contribution < 1.29 is 4.79 Å². The minimum atomic E-state index is 0.158. The predicted molar refractivity (Wildman–Crippen MR) is 71.4 cm³/mol. The van der Waals surface area contributed by atoms with Gasteiger partial charge in [0.1, 0.15) is 5.78 Å². The summed E-state index contributed by atoms with van der Waals surface area (Å²) >= 11 is 0.158. The van der Waals surface area contributed by atoms with Crippen molar-refractivity contribution in [1.82, 2.24) is 0 Å². The highest BCUT2D eigenvalue weighted by molar-refractivity contribution is 6.33. The molecule has 1 aromatic carbocycles. The largest absolute Gasteiger partial charge is 0.300 e. The topological polar surface area (TPSA) is 17.1 Å². The molecule has 2 heteroatoms. The number of benzene rings is 1. The van der Waals surface area contributed by atoms with E-state index in [-0.39, 0.29) is 15.2 Å². The van der Waals surface area contributed by atoms with Gasteiger partial charge in [-0.05, 0) is 18.4 Å². The maximum absolute atomic E-state index is 11.5. The summed E-state index contributed by atoms with van der Waals surface area (Å²) in [5.74, 6) is 2.76. The second kappa shape index (κ2) is 8.56. The number of ketones is 1. The van der Waals surface area contributed by atoms with E-state index in [4.69, 9.17) is 0 Å². The van der Waals surface area contributed by atoms with Crippen LogP contribution in [0.25, 0.3) is 0 Å². The Morgan fingerprint density at radius 1 is 1.12 bits per heavy atom. The molecule has 0 radical (unpaired) electrons. The fraction of sp³-hybridized carbons (Fsp3) is 0.500. The van der Waals surface area contributed by atoms with Crippen LogP contribution in [0.15, 0.2) is 30.3 Å². The van der Waals surface area contributed by atoms with Gasteiger partial charge in [-0.3, -0.25) is 4.79 Å². The van der Waals surface area contributed by atoms with Crippen LogP contribution in [0.4, 0.5) is 0 Å². The fourth-order valence-electron chi connectivity index (χ4n) is 1.83. The highest BCUT2D eigenvalue weighted by Gasteiger charge is 2.01. The van der Waals surface area contributed by atoms with Crippen LogP contribution in [-0.2, 0) is 11.2 Å². The van der Waals surface area contributed by atoms with Gasteiger partial charge in [0.2, 0.25) is 15.2 Å². The standard InChI is InChI=1S/C13H17O.CH3.Al.H/c1-2-7-13(14)11-6-10-12-8-4-3-5-9-12;;;/h3-5,8-9H,1-2,6-7,10-11H2;1H3;;. The first-order valence-corrected chi connectivity index (χ1v) is 8.80. The number of aryl methyl sites for hydroxylation is 1. The first kappa shape index (κ1) is 13.5. The summed E-state index contributed by atoms with van der Waals surface area (Å²) in [5, 5.41) is 1.32. The number of carbonyl (C=O) groups is 1. The molecule has 0 atom stereocenters. The molecule has 86 valence electrons. The second-order valence-electron chi connectivity index (χ2n) is 4.33. The van der Waals surface area contributed by atoms with Crippen molar-refractivity contribution in [2.45, 2.75) is 43.2 Å². The van der Waals surface area contributed by atoms with Crippen LogP contribution in [-0.4, -0.2) is 21.0 Å². The quantitative estimate of drug-likeness (QED) is 0.496. The van der Waals surface area contributed by atoms with Gasteiger partial charge in [-0.2, -0.15) is 0 Å². The zero-order valence-electron chi connectivity index (χ0n) is 10.2. The molecule has 0 saturated carbocycles. The van der Waals surface area contributed by atoms with E-state index < -0.39 is 0 Å². The van der Waals surface area contributed by atoms with Crippen molar-refractivity contribution in [1.29, 1.82) is 0 Å². The Morgan fingerprint density at radius 2 is 1.81 bits per heavy atom. The zero-order valence-corrected chi connectivity index (χ0v) is 11.7. The van der Waals surface area contributed by atoms with Crippen molar-refractivity contribution in [3.63, 3.8) is 0 Å². The Kier molecular flexibility index (Phi) is 7.22. The predicted octanol–water partition coefficient (Wildman–Crippen LogP) is 3.26. The normalized spacial score (nSPS) is 10.1. The third kappa shape index (κ3) is 6.10. The first-order chi connectivity index (χ1) is 7.83. The minimum Gasteiger partial charge on any atom is -0.300 e. The Bertz CT molecular complexity index is 295. The molecule has 0 spiro atoms. The van der Waals surface area contributed by atoms with Crippen LogP contribution in [0.5, 0.6) is 0 Å². The molecule has 0 amide bonds. The van der Waals surface area contributed by atoms with Crippen molar-refractivity contribution in [3.05, 3.63) is 35.9 Å². The lowest BCUT2D eigenvalue weighted by Gasteiger charge is -2.01. The fourth-order valence-corrected chi connectivity index (χ4v) is 2.58. The maximum atomic E-state index is 11.5. The van der Waals surface area contributed by atoms with E-state index in [9.17, 15) is 4.79 Å². The van der Waals surface area contributed by atoms with E-state index in [1.807, 2.05) is 6.07 Å². The summed E-state index contributed by atoms with van der Waals surface area (Å²) in [6.45, 7) is 0. The van der Waals surface area contributed by atoms with E-state index in [1.165, 1.54) is 10.8 Å². The van der Waals surface area contributed by atoms with Crippen molar-refractivity contribution in [2.75, 3.05) is 0 Å². The minimum absolute atomic E-state index is 0.158. The summed E-state index contributed by atoms with van der Waals surface area (Å²) in [7, 11) is 0. The van der Waals surface area contributed by atoms with E-state index >= 15 is 0 Å². The van der Waals surface area contributed by atoms with E-state index in [0.717, 1.165) is 32.1 Å². The van der Waals surface area contributed by atoms with Gasteiger partial charge in [0.25, 0.3) is 0 Å². The Hall–Kier alpha value is -0.578. The molecule has 0 aromatic heterocycles. The molecular weight excluding hydrogens is 211 g/mol. The Labute approximate surface area is 105 Å². The molecule has 0 bridgehead atoms. The average molecular weight is 232 g/mol. The molecule has 0 aliphatic heterocycles. The van der Waals surface area contributed by atoms with Gasteiger partial charge in [0, 0.05) is 12.8 Å². The van der Waals surface area contributed by atoms with Gasteiger partial charge in [-0.1, -0.05) is 42.0 Å². The van der Waals surface area contributed by atoms with Gasteiger partial charge in [0.05, 0.1) is 0 Å².